The van der Waals surface area contributed by atoms with Crippen molar-refractivity contribution in [3.05, 3.63) is 69.9 Å². The summed E-state index contributed by atoms with van der Waals surface area (Å²) in [6.45, 7) is 7.19. The van der Waals surface area contributed by atoms with Gasteiger partial charge in [-0.15, -0.1) is 0 Å². The van der Waals surface area contributed by atoms with Crippen LogP contribution in [0.25, 0.3) is 4.85 Å². The van der Waals surface area contributed by atoms with E-state index in [1.54, 1.807) is 6.07 Å². The van der Waals surface area contributed by atoms with E-state index in [0.717, 1.165) is 12.1 Å². The Bertz CT molecular complexity index is 1140. The maximum absolute atomic E-state index is 13.4. The van der Waals surface area contributed by atoms with Gasteiger partial charge in [-0.2, -0.15) is 13.2 Å². The first kappa shape index (κ1) is 20.0. The minimum Gasteiger partial charge on any atom is -0.493 e. The van der Waals surface area contributed by atoms with Gasteiger partial charge in [0.2, 0.25) is 0 Å². The fraction of sp³-hybridized carbons (Fsp3) is 0.200. The van der Waals surface area contributed by atoms with Crippen LogP contribution in [0.1, 0.15) is 23.5 Å². The molecule has 0 aromatic heterocycles. The van der Waals surface area contributed by atoms with Crippen LogP contribution in [0, 0.1) is 6.57 Å². The molecule has 2 atom stereocenters. The van der Waals surface area contributed by atoms with Crippen molar-refractivity contribution < 1.29 is 31.6 Å². The summed E-state index contributed by atoms with van der Waals surface area (Å²) in [4.78, 5) is 15.0. The van der Waals surface area contributed by atoms with E-state index in [1.807, 2.05) is 0 Å². The number of halogens is 3. The van der Waals surface area contributed by atoms with Gasteiger partial charge < -0.3 is 9.47 Å². The lowest BCUT2D eigenvalue weighted by molar-refractivity contribution is -0.138. The largest absolute Gasteiger partial charge is 0.493 e. The summed E-state index contributed by atoms with van der Waals surface area (Å²) in [6.07, 6.45) is -4.19. The smallest absolute Gasteiger partial charge is 0.418 e. The number of hydrogen-bond donors (Lipinski definition) is 1. The van der Waals surface area contributed by atoms with Gasteiger partial charge in [0.05, 0.1) is 18.7 Å². The molecule has 0 spiro atoms. The summed E-state index contributed by atoms with van der Waals surface area (Å²) in [7, 11) is -1.56. The molecule has 1 amide bonds. The molecule has 0 fully saturated rings. The Kier molecular flexibility index (Phi) is 4.99. The van der Waals surface area contributed by atoms with E-state index in [2.05, 4.69) is 9.57 Å². The van der Waals surface area contributed by atoms with E-state index in [-0.39, 0.29) is 24.0 Å². The molecule has 2 aromatic carbocycles. The van der Waals surface area contributed by atoms with E-state index in [4.69, 9.17) is 16.0 Å². The normalized spacial score (nSPS) is 20.5. The average Bonchev–Trinajstić information content (AvgIpc) is 3.04. The summed E-state index contributed by atoms with van der Waals surface area (Å²) in [5.41, 5.74) is -0.163. The number of nitrogens with zero attached hydrogens (tertiary/aromatic N) is 1. The monoisotopic (exact) mass is 434 g/mol. The van der Waals surface area contributed by atoms with Gasteiger partial charge in [-0.05, 0) is 24.6 Å². The first-order valence-electron chi connectivity index (χ1n) is 8.73. The molecule has 1 N–H and O–H groups in total. The Morgan fingerprint density at radius 1 is 1.23 bits per heavy atom. The van der Waals surface area contributed by atoms with Crippen LogP contribution in [0.4, 0.5) is 18.9 Å². The first-order chi connectivity index (χ1) is 14.3. The zero-order valence-corrected chi connectivity index (χ0v) is 16.0. The van der Waals surface area contributed by atoms with Crippen LogP contribution in [-0.4, -0.2) is 16.7 Å². The second-order valence-electron chi connectivity index (χ2n) is 6.58. The zero-order chi connectivity index (χ0) is 21.5. The quantitative estimate of drug-likeness (QED) is 0.718. The summed E-state index contributed by atoms with van der Waals surface area (Å²) in [5, 5.41) is 1.36. The van der Waals surface area contributed by atoms with Gasteiger partial charge in [-0.1, -0.05) is 12.1 Å². The van der Waals surface area contributed by atoms with E-state index in [0.29, 0.717) is 23.3 Å². The number of amides is 1. The van der Waals surface area contributed by atoms with Gasteiger partial charge in [-0.3, -0.25) is 9.52 Å². The number of carbonyl (C=O) groups excluding carboxylic acids is 1. The number of ether oxygens (including phenoxy) is 2. The van der Waals surface area contributed by atoms with Gasteiger partial charge in [0, 0.05) is 28.5 Å². The molecule has 0 radical (unpaired) electrons. The molecular weight excluding hydrogens is 421 g/mol. The third-order valence-corrected chi connectivity index (χ3v) is 5.57. The van der Waals surface area contributed by atoms with Crippen molar-refractivity contribution in [3.63, 3.8) is 0 Å². The van der Waals surface area contributed by atoms with Crippen LogP contribution in [-0.2, 0) is 22.0 Å². The van der Waals surface area contributed by atoms with Crippen LogP contribution < -0.4 is 14.2 Å². The average molecular weight is 434 g/mol. The van der Waals surface area contributed by atoms with Crippen molar-refractivity contribution in [1.29, 1.82) is 0 Å². The molecule has 10 heteroatoms. The van der Waals surface area contributed by atoms with Crippen LogP contribution in [0.15, 0.2) is 47.4 Å². The first-order valence-corrected chi connectivity index (χ1v) is 9.94. The Morgan fingerprint density at radius 3 is 2.70 bits per heavy atom. The molecule has 2 aliphatic rings. The Balaban J connectivity index is 1.66. The molecule has 2 unspecified atom stereocenters. The second-order valence-corrected chi connectivity index (χ2v) is 7.62. The lowest BCUT2D eigenvalue weighted by Gasteiger charge is -2.26. The van der Waals surface area contributed by atoms with Crippen molar-refractivity contribution in [2.24, 2.45) is 0 Å². The van der Waals surface area contributed by atoms with Crippen LogP contribution in [0.2, 0.25) is 0 Å². The molecule has 2 aliphatic heterocycles. The van der Waals surface area contributed by atoms with Crippen molar-refractivity contribution >= 4 is 22.6 Å². The van der Waals surface area contributed by atoms with Gasteiger partial charge in [-0.25, -0.2) is 9.05 Å². The van der Waals surface area contributed by atoms with Gasteiger partial charge >= 0.3 is 6.18 Å². The van der Waals surface area contributed by atoms with Crippen molar-refractivity contribution in [1.82, 2.24) is 4.72 Å². The molecule has 4 rings (SSSR count). The molecule has 0 bridgehead atoms. The summed E-state index contributed by atoms with van der Waals surface area (Å²) >= 11 is 0. The lowest BCUT2D eigenvalue weighted by Crippen LogP contribution is -2.23. The highest BCUT2D eigenvalue weighted by atomic mass is 32.2. The van der Waals surface area contributed by atoms with Crippen molar-refractivity contribution in [2.45, 2.75) is 18.5 Å². The summed E-state index contributed by atoms with van der Waals surface area (Å²) in [5.74, 6) is -0.694. The minimum absolute atomic E-state index is 0.115. The van der Waals surface area contributed by atoms with Crippen LogP contribution in [0.3, 0.4) is 0 Å². The molecule has 154 valence electrons. The van der Waals surface area contributed by atoms with E-state index in [9.17, 15) is 22.2 Å². The Hall–Kier alpha value is -3.32. The Morgan fingerprint density at radius 2 is 2.03 bits per heavy atom. The maximum atomic E-state index is 13.4. The number of benzene rings is 2. The molecule has 0 aliphatic carbocycles. The van der Waals surface area contributed by atoms with E-state index >= 15 is 0 Å². The second kappa shape index (κ2) is 7.50. The molecule has 6 nitrogen and oxygen atoms in total. The van der Waals surface area contributed by atoms with E-state index in [1.165, 1.54) is 23.6 Å². The molecule has 0 saturated heterocycles. The highest BCUT2D eigenvalue weighted by Gasteiger charge is 2.35. The van der Waals surface area contributed by atoms with Gasteiger partial charge in [0.1, 0.15) is 28.2 Å². The lowest BCUT2D eigenvalue weighted by atomic mass is 9.87. The fourth-order valence-corrected chi connectivity index (χ4v) is 4.23. The summed E-state index contributed by atoms with van der Waals surface area (Å²) < 4.78 is 65.0. The number of nitrogens with one attached hydrogen (secondary N) is 1. The van der Waals surface area contributed by atoms with E-state index < -0.39 is 34.4 Å². The molecule has 2 aromatic rings. The number of carbonyl (C=O) groups is 1. The highest BCUT2D eigenvalue weighted by Crippen LogP contribution is 2.44. The van der Waals surface area contributed by atoms with Crippen molar-refractivity contribution in [2.75, 3.05) is 6.61 Å². The highest BCUT2D eigenvalue weighted by molar-refractivity contribution is 7.87. The fourth-order valence-electron chi connectivity index (χ4n) is 3.37. The van der Waals surface area contributed by atoms with Crippen molar-refractivity contribution in [3.8, 4) is 17.2 Å². The van der Waals surface area contributed by atoms with Gasteiger partial charge in [0.25, 0.3) is 5.91 Å². The zero-order valence-electron chi connectivity index (χ0n) is 15.2. The number of alkyl halides is 3. The molecule has 30 heavy (non-hydrogen) atoms. The predicted octanol–water partition coefficient (Wildman–Crippen LogP) is 4.59. The molecule has 2 heterocycles. The topological polar surface area (TPSA) is 69.0 Å². The summed E-state index contributed by atoms with van der Waals surface area (Å²) in [6, 6.07) is 7.63. The SMILES string of the molecule is [C-]#[N+]c1ccc(Oc2ccc3c(c2)OCCC3C2=CS(=O)NC2=O)c(C(F)(F)F)c1. The minimum atomic E-state index is -4.69. The standard InChI is InChI=1S/C20H13F3N2O4S/c1-24-11-2-5-17(16(8-11)20(21,22)23)29-12-3-4-14-13(6-7-28-18(14)9-12)15-10-30(27)25-19(15)26/h2-5,8-10,13H,6-7H2,(H,25,26). The molecular formula is C20H13F3N2O4S. The Labute approximate surface area is 171 Å². The third-order valence-electron chi connectivity index (χ3n) is 4.71. The predicted molar refractivity (Wildman–Crippen MR) is 101 cm³/mol. The number of fused-ring (bicyclic) bond motifs is 1. The van der Waals surface area contributed by atoms with Crippen LogP contribution in [0.5, 0.6) is 17.2 Å². The van der Waals surface area contributed by atoms with Crippen LogP contribution >= 0.6 is 0 Å². The maximum Gasteiger partial charge on any atom is 0.418 e. The number of hydrogen-bond acceptors (Lipinski definition) is 4. The number of rotatable bonds is 3. The third kappa shape index (κ3) is 3.76. The van der Waals surface area contributed by atoms with Gasteiger partial charge in [0.15, 0.2) is 5.69 Å². The molecule has 0 saturated carbocycles.